The van der Waals surface area contributed by atoms with E-state index < -0.39 is 5.97 Å². The molecule has 78 valence electrons. The molecule has 0 amide bonds. The number of nitrogens with zero attached hydrogens (tertiary/aromatic N) is 4. The quantitative estimate of drug-likeness (QED) is 0.700. The number of ether oxygens (including phenoxy) is 1. The number of hydrogen-bond donors (Lipinski definition) is 1. The van der Waals surface area contributed by atoms with Gasteiger partial charge in [0.2, 0.25) is 0 Å². The van der Waals surface area contributed by atoms with Crippen LogP contribution in [0.3, 0.4) is 0 Å². The minimum Gasteiger partial charge on any atom is -0.451 e. The van der Waals surface area contributed by atoms with E-state index in [1.54, 1.807) is 6.92 Å². The van der Waals surface area contributed by atoms with Crippen LogP contribution in [0.5, 0.6) is 0 Å². The molecule has 0 spiro atoms. The van der Waals surface area contributed by atoms with Crippen LogP contribution in [0, 0.1) is 6.92 Å². The summed E-state index contributed by atoms with van der Waals surface area (Å²) in [5.41, 5.74) is 0.103. The first-order valence-corrected chi connectivity index (χ1v) is 4.08. The zero-order chi connectivity index (χ0) is 10.7. The summed E-state index contributed by atoms with van der Waals surface area (Å²) < 4.78 is 9.58. The molecule has 0 radical (unpaired) electrons. The third-order valence-electron chi connectivity index (χ3n) is 1.52. The smallest absolute Gasteiger partial charge is 0.361 e. The van der Waals surface area contributed by atoms with Gasteiger partial charge in [0.15, 0.2) is 18.1 Å². The predicted octanol–water partition coefficient (Wildman–Crippen LogP) is -0.147. The van der Waals surface area contributed by atoms with E-state index in [-0.39, 0.29) is 18.2 Å². The molecule has 2 rings (SSSR count). The van der Waals surface area contributed by atoms with Crippen molar-refractivity contribution in [3.8, 4) is 0 Å². The van der Waals surface area contributed by atoms with Gasteiger partial charge in [-0.2, -0.15) is 15.3 Å². The van der Waals surface area contributed by atoms with E-state index in [0.29, 0.717) is 5.82 Å². The Morgan fingerprint density at radius 2 is 2.53 bits per heavy atom. The van der Waals surface area contributed by atoms with Crippen molar-refractivity contribution in [2.75, 3.05) is 0 Å². The van der Waals surface area contributed by atoms with Crippen molar-refractivity contribution in [1.82, 2.24) is 25.6 Å². The predicted molar refractivity (Wildman–Crippen MR) is 44.5 cm³/mol. The van der Waals surface area contributed by atoms with Gasteiger partial charge in [0.1, 0.15) is 0 Å². The summed E-state index contributed by atoms with van der Waals surface area (Å²) in [6.45, 7) is 1.60. The minimum atomic E-state index is -0.598. The Hall–Kier alpha value is -2.25. The highest BCUT2D eigenvalue weighted by Crippen LogP contribution is 2.01. The molecule has 0 saturated carbocycles. The second kappa shape index (κ2) is 3.86. The average Bonchev–Trinajstić information content (AvgIpc) is 2.84. The summed E-state index contributed by atoms with van der Waals surface area (Å²) in [5.74, 6) is 0.131. The van der Waals surface area contributed by atoms with Crippen molar-refractivity contribution < 1.29 is 14.1 Å². The van der Waals surface area contributed by atoms with E-state index in [4.69, 9.17) is 9.26 Å². The highest BCUT2D eigenvalue weighted by atomic mass is 16.6. The molecule has 0 aromatic carbocycles. The molecule has 2 aromatic heterocycles. The number of nitrogens with one attached hydrogen (secondary N) is 1. The molecular weight excluding hydrogens is 202 g/mol. The Kier molecular flexibility index (Phi) is 2.40. The van der Waals surface area contributed by atoms with Gasteiger partial charge in [0, 0.05) is 0 Å². The van der Waals surface area contributed by atoms with Crippen LogP contribution in [-0.2, 0) is 11.3 Å². The van der Waals surface area contributed by atoms with Gasteiger partial charge in [-0.1, -0.05) is 5.16 Å². The highest BCUT2D eigenvalue weighted by molar-refractivity contribution is 5.86. The topological polar surface area (TPSA) is 107 Å². The van der Waals surface area contributed by atoms with Crippen LogP contribution >= 0.6 is 0 Å². The summed E-state index contributed by atoms with van der Waals surface area (Å²) in [7, 11) is 0. The SMILES string of the molecule is Cc1noc(COC(=O)c2cn[nH]n2)n1. The second-order valence-corrected chi connectivity index (χ2v) is 2.67. The molecule has 15 heavy (non-hydrogen) atoms. The lowest BCUT2D eigenvalue weighted by Crippen LogP contribution is -2.05. The molecule has 0 aliphatic heterocycles. The van der Waals surface area contributed by atoms with E-state index >= 15 is 0 Å². The van der Waals surface area contributed by atoms with Crippen molar-refractivity contribution in [3.63, 3.8) is 0 Å². The molecule has 0 bridgehead atoms. The first kappa shape index (κ1) is 9.31. The largest absolute Gasteiger partial charge is 0.451 e. The maximum Gasteiger partial charge on any atom is 0.361 e. The third kappa shape index (κ3) is 2.16. The van der Waals surface area contributed by atoms with E-state index in [1.165, 1.54) is 6.20 Å². The van der Waals surface area contributed by atoms with Gasteiger partial charge in [-0.15, -0.1) is 5.10 Å². The fourth-order valence-corrected chi connectivity index (χ4v) is 0.900. The van der Waals surface area contributed by atoms with Crippen molar-refractivity contribution >= 4 is 5.97 Å². The zero-order valence-corrected chi connectivity index (χ0v) is 7.80. The van der Waals surface area contributed by atoms with Gasteiger partial charge in [-0.3, -0.25) is 0 Å². The Morgan fingerprint density at radius 1 is 1.67 bits per heavy atom. The standard InChI is InChI=1S/C7H7N5O3/c1-4-9-6(15-11-4)3-14-7(13)5-2-8-12-10-5/h2H,3H2,1H3,(H,8,10,12). The zero-order valence-electron chi connectivity index (χ0n) is 7.80. The molecule has 8 heteroatoms. The number of H-pyrrole nitrogens is 1. The number of hydrogen-bond acceptors (Lipinski definition) is 7. The normalized spacial score (nSPS) is 10.2. The van der Waals surface area contributed by atoms with Crippen LogP contribution in [0.2, 0.25) is 0 Å². The number of aromatic nitrogens is 5. The van der Waals surface area contributed by atoms with Gasteiger partial charge >= 0.3 is 5.97 Å². The fraction of sp³-hybridized carbons (Fsp3) is 0.286. The Morgan fingerprint density at radius 3 is 3.13 bits per heavy atom. The molecule has 2 aromatic rings. The van der Waals surface area contributed by atoms with Crippen molar-refractivity contribution in [1.29, 1.82) is 0 Å². The highest BCUT2D eigenvalue weighted by Gasteiger charge is 2.12. The van der Waals surface area contributed by atoms with Crippen molar-refractivity contribution in [3.05, 3.63) is 23.6 Å². The molecular formula is C7H7N5O3. The lowest BCUT2D eigenvalue weighted by atomic mass is 10.5. The summed E-state index contributed by atoms with van der Waals surface area (Å²) in [4.78, 5) is 15.1. The van der Waals surface area contributed by atoms with Gasteiger partial charge in [0.25, 0.3) is 5.89 Å². The molecule has 0 unspecified atom stereocenters. The van der Waals surface area contributed by atoms with E-state index in [9.17, 15) is 4.79 Å². The molecule has 1 N–H and O–H groups in total. The number of aromatic amines is 1. The number of esters is 1. The van der Waals surface area contributed by atoms with E-state index in [0.717, 1.165) is 0 Å². The van der Waals surface area contributed by atoms with E-state index in [2.05, 4.69) is 25.6 Å². The van der Waals surface area contributed by atoms with Gasteiger partial charge in [-0.05, 0) is 6.92 Å². The van der Waals surface area contributed by atoms with Crippen molar-refractivity contribution in [2.24, 2.45) is 0 Å². The van der Waals surface area contributed by atoms with Crippen molar-refractivity contribution in [2.45, 2.75) is 13.5 Å². The van der Waals surface area contributed by atoms with Gasteiger partial charge in [-0.25, -0.2) is 4.79 Å². The first-order chi connectivity index (χ1) is 7.25. The van der Waals surface area contributed by atoms with Crippen LogP contribution in [0.15, 0.2) is 10.7 Å². The number of aryl methyl sites for hydroxylation is 1. The molecule has 0 aliphatic carbocycles. The molecule has 2 heterocycles. The first-order valence-electron chi connectivity index (χ1n) is 4.08. The average molecular weight is 209 g/mol. The number of rotatable bonds is 3. The van der Waals surface area contributed by atoms with Crippen LogP contribution in [0.1, 0.15) is 22.2 Å². The third-order valence-corrected chi connectivity index (χ3v) is 1.52. The van der Waals surface area contributed by atoms with Crippen LogP contribution in [0.4, 0.5) is 0 Å². The Labute approximate surface area is 83.6 Å². The molecule has 0 fully saturated rings. The summed E-state index contributed by atoms with van der Waals surface area (Å²) in [6, 6.07) is 0. The Balaban J connectivity index is 1.91. The Bertz CT molecular complexity index is 449. The fourth-order valence-electron chi connectivity index (χ4n) is 0.900. The summed E-state index contributed by atoms with van der Waals surface area (Å²) in [5, 5.41) is 12.9. The molecule has 0 saturated heterocycles. The van der Waals surface area contributed by atoms with Gasteiger partial charge in [0.05, 0.1) is 6.20 Å². The van der Waals surface area contributed by atoms with Gasteiger partial charge < -0.3 is 9.26 Å². The second-order valence-electron chi connectivity index (χ2n) is 2.67. The van der Waals surface area contributed by atoms with Crippen LogP contribution < -0.4 is 0 Å². The molecule has 0 atom stereocenters. The summed E-state index contributed by atoms with van der Waals surface area (Å²) >= 11 is 0. The lowest BCUT2D eigenvalue weighted by molar-refractivity contribution is 0.0423. The minimum absolute atomic E-state index is 0.0769. The maximum absolute atomic E-state index is 11.3. The number of carbonyl (C=O) groups is 1. The molecule has 0 aliphatic rings. The van der Waals surface area contributed by atoms with Crippen LogP contribution in [0.25, 0.3) is 0 Å². The van der Waals surface area contributed by atoms with E-state index in [1.807, 2.05) is 0 Å². The van der Waals surface area contributed by atoms with Crippen LogP contribution in [-0.4, -0.2) is 31.5 Å². The summed E-state index contributed by atoms with van der Waals surface area (Å²) in [6.07, 6.45) is 1.27. The molecule has 8 nitrogen and oxygen atoms in total. The monoisotopic (exact) mass is 209 g/mol. The lowest BCUT2D eigenvalue weighted by Gasteiger charge is -1.96. The number of carbonyl (C=O) groups excluding carboxylic acids is 1. The maximum atomic E-state index is 11.3.